The maximum absolute atomic E-state index is 12.1. The third kappa shape index (κ3) is 3.82. The summed E-state index contributed by atoms with van der Waals surface area (Å²) in [6.07, 6.45) is 1.24. The van der Waals surface area contributed by atoms with Gasteiger partial charge >= 0.3 is 5.97 Å². The van der Waals surface area contributed by atoms with Crippen molar-refractivity contribution < 1.29 is 23.1 Å². The van der Waals surface area contributed by atoms with Crippen LogP contribution in [0.4, 0.5) is 0 Å². The molecule has 0 saturated carbocycles. The van der Waals surface area contributed by atoms with Gasteiger partial charge < -0.3 is 15.4 Å². The maximum Gasteiger partial charge on any atom is 0.352 e. The molecular formula is C12H19N3O5S. The molecule has 8 nitrogen and oxygen atoms in total. The van der Waals surface area contributed by atoms with E-state index in [0.29, 0.717) is 6.54 Å². The molecule has 0 radical (unpaired) electrons. The van der Waals surface area contributed by atoms with Gasteiger partial charge in [-0.15, -0.1) is 0 Å². The van der Waals surface area contributed by atoms with E-state index in [-0.39, 0.29) is 17.1 Å². The molecule has 0 atom stereocenters. The number of nitrogens with zero attached hydrogens (tertiary/aromatic N) is 1. The van der Waals surface area contributed by atoms with Crippen LogP contribution in [0.3, 0.4) is 0 Å². The second-order valence-electron chi connectivity index (χ2n) is 5.22. The first kappa shape index (κ1) is 17.2. The van der Waals surface area contributed by atoms with Crippen LogP contribution in [0, 0.1) is 5.41 Å². The molecule has 1 heterocycles. The van der Waals surface area contributed by atoms with Crippen LogP contribution in [0.2, 0.25) is 0 Å². The van der Waals surface area contributed by atoms with Gasteiger partial charge in [0.25, 0.3) is 0 Å². The minimum Gasteiger partial charge on any atom is -0.477 e. The van der Waals surface area contributed by atoms with E-state index in [2.05, 4.69) is 4.72 Å². The molecule has 0 unspecified atom stereocenters. The summed E-state index contributed by atoms with van der Waals surface area (Å²) in [5, 5.41) is 9.01. The Morgan fingerprint density at radius 2 is 2.00 bits per heavy atom. The van der Waals surface area contributed by atoms with Crippen LogP contribution in [-0.4, -0.2) is 36.5 Å². The fraction of sp³-hybridized carbons (Fsp3) is 0.500. The second-order valence-corrected chi connectivity index (χ2v) is 6.99. The Bertz CT molecular complexity index is 660. The number of carboxylic acids is 1. The lowest BCUT2D eigenvalue weighted by Gasteiger charge is -2.20. The van der Waals surface area contributed by atoms with Crippen molar-refractivity contribution >= 4 is 21.9 Å². The van der Waals surface area contributed by atoms with Crippen molar-refractivity contribution in [3.05, 3.63) is 18.0 Å². The number of amides is 1. The molecule has 0 aliphatic carbocycles. The molecule has 4 N–H and O–H groups in total. The Kier molecular flexibility index (Phi) is 4.79. The number of sulfonamides is 1. The van der Waals surface area contributed by atoms with Crippen molar-refractivity contribution in [2.75, 3.05) is 6.54 Å². The highest BCUT2D eigenvalue weighted by Crippen LogP contribution is 2.17. The standard InChI is InChI=1S/C12H19N3O5S/c1-4-15-6-8(5-9(15)10(16)17)21(19,20)14-7-12(2,3)11(13)18/h5-6,14H,4,7H2,1-3H3,(H2,13,18)(H,16,17). The predicted molar refractivity (Wildman–Crippen MR) is 75.2 cm³/mol. The smallest absolute Gasteiger partial charge is 0.352 e. The van der Waals surface area contributed by atoms with E-state index >= 15 is 0 Å². The molecular weight excluding hydrogens is 298 g/mol. The Labute approximate surface area is 123 Å². The number of aryl methyl sites for hydroxylation is 1. The molecule has 0 aromatic carbocycles. The zero-order valence-corrected chi connectivity index (χ0v) is 12.9. The molecule has 0 fully saturated rings. The van der Waals surface area contributed by atoms with Crippen LogP contribution in [0.1, 0.15) is 31.3 Å². The summed E-state index contributed by atoms with van der Waals surface area (Å²) >= 11 is 0. The monoisotopic (exact) mass is 317 g/mol. The first-order chi connectivity index (χ1) is 9.51. The lowest BCUT2D eigenvalue weighted by Crippen LogP contribution is -2.42. The van der Waals surface area contributed by atoms with Gasteiger partial charge in [-0.3, -0.25) is 4.79 Å². The number of aromatic carboxylic acids is 1. The van der Waals surface area contributed by atoms with Gasteiger partial charge in [0.05, 0.1) is 5.41 Å². The van der Waals surface area contributed by atoms with E-state index in [1.54, 1.807) is 6.92 Å². The van der Waals surface area contributed by atoms with Gasteiger partial charge in [-0.25, -0.2) is 17.9 Å². The van der Waals surface area contributed by atoms with E-state index in [9.17, 15) is 18.0 Å². The van der Waals surface area contributed by atoms with Gasteiger partial charge in [0.15, 0.2) is 0 Å². The Hall–Kier alpha value is -1.87. The molecule has 9 heteroatoms. The van der Waals surface area contributed by atoms with E-state index in [1.165, 1.54) is 24.6 Å². The van der Waals surface area contributed by atoms with E-state index in [4.69, 9.17) is 10.8 Å². The Morgan fingerprint density at radius 3 is 2.38 bits per heavy atom. The molecule has 0 saturated heterocycles. The van der Waals surface area contributed by atoms with Crippen LogP contribution >= 0.6 is 0 Å². The Morgan fingerprint density at radius 1 is 1.43 bits per heavy atom. The van der Waals surface area contributed by atoms with Crippen molar-refractivity contribution in [2.24, 2.45) is 11.1 Å². The summed E-state index contributed by atoms with van der Waals surface area (Å²) < 4.78 is 27.9. The van der Waals surface area contributed by atoms with Gasteiger partial charge in [0, 0.05) is 19.3 Å². The normalized spacial score (nSPS) is 12.3. The average Bonchev–Trinajstić information content (AvgIpc) is 2.81. The van der Waals surface area contributed by atoms with E-state index in [0.717, 1.165) is 6.07 Å². The highest BCUT2D eigenvalue weighted by atomic mass is 32.2. The number of rotatable bonds is 7. The predicted octanol–water partition coefficient (Wildman–Crippen LogP) is -0.00400. The van der Waals surface area contributed by atoms with Gasteiger partial charge in [-0.1, -0.05) is 0 Å². The van der Waals surface area contributed by atoms with Crippen LogP contribution in [0.25, 0.3) is 0 Å². The molecule has 1 aromatic rings. The summed E-state index contributed by atoms with van der Waals surface area (Å²) in [7, 11) is -3.91. The van der Waals surface area contributed by atoms with Crippen LogP contribution in [0.15, 0.2) is 17.2 Å². The largest absolute Gasteiger partial charge is 0.477 e. The highest BCUT2D eigenvalue weighted by molar-refractivity contribution is 7.89. The molecule has 0 bridgehead atoms. The highest BCUT2D eigenvalue weighted by Gasteiger charge is 2.28. The number of nitrogens with one attached hydrogen (secondary N) is 1. The second kappa shape index (κ2) is 5.86. The lowest BCUT2D eigenvalue weighted by atomic mass is 9.93. The summed E-state index contributed by atoms with van der Waals surface area (Å²) in [6, 6.07) is 1.07. The minimum atomic E-state index is -3.91. The molecule has 0 aliphatic rings. The molecule has 0 aliphatic heterocycles. The van der Waals surface area contributed by atoms with Gasteiger partial charge in [0.2, 0.25) is 15.9 Å². The molecule has 118 valence electrons. The van der Waals surface area contributed by atoms with Crippen molar-refractivity contribution in [3.8, 4) is 0 Å². The third-order valence-electron chi connectivity index (χ3n) is 3.11. The molecule has 1 amide bonds. The van der Waals surface area contributed by atoms with Gasteiger partial charge in [-0.2, -0.15) is 0 Å². The van der Waals surface area contributed by atoms with Crippen molar-refractivity contribution in [1.82, 2.24) is 9.29 Å². The number of aromatic nitrogens is 1. The van der Waals surface area contributed by atoms with E-state index in [1.807, 2.05) is 0 Å². The Balaban J connectivity index is 3.04. The molecule has 21 heavy (non-hydrogen) atoms. The first-order valence-electron chi connectivity index (χ1n) is 6.24. The van der Waals surface area contributed by atoms with Gasteiger partial charge in [0.1, 0.15) is 10.6 Å². The zero-order chi connectivity index (χ0) is 16.4. The third-order valence-corrected chi connectivity index (χ3v) is 4.48. The first-order valence-corrected chi connectivity index (χ1v) is 7.72. The summed E-state index contributed by atoms with van der Waals surface area (Å²) in [4.78, 5) is 22.0. The topological polar surface area (TPSA) is 131 Å². The maximum atomic E-state index is 12.1. The van der Waals surface area contributed by atoms with Gasteiger partial charge in [-0.05, 0) is 26.8 Å². The van der Waals surface area contributed by atoms with Crippen molar-refractivity contribution in [3.63, 3.8) is 0 Å². The molecule has 1 aromatic heterocycles. The summed E-state index contributed by atoms with van der Waals surface area (Å²) in [5.41, 5.74) is 4.01. The summed E-state index contributed by atoms with van der Waals surface area (Å²) in [5.74, 6) is -1.85. The molecule has 0 spiro atoms. The fourth-order valence-corrected chi connectivity index (χ4v) is 2.77. The number of primary amides is 1. The fourth-order valence-electron chi connectivity index (χ4n) is 1.52. The average molecular weight is 317 g/mol. The number of carbonyl (C=O) groups is 2. The molecule has 1 rings (SSSR count). The van der Waals surface area contributed by atoms with Crippen molar-refractivity contribution in [2.45, 2.75) is 32.2 Å². The SMILES string of the molecule is CCn1cc(S(=O)(=O)NCC(C)(C)C(N)=O)cc1C(=O)O. The number of carboxylic acid groups (broad SMARTS) is 1. The lowest BCUT2D eigenvalue weighted by molar-refractivity contribution is -0.125. The quantitative estimate of drug-likeness (QED) is 0.651. The zero-order valence-electron chi connectivity index (χ0n) is 12.1. The number of hydrogen-bond acceptors (Lipinski definition) is 4. The van der Waals surface area contributed by atoms with Crippen LogP contribution < -0.4 is 10.5 Å². The van der Waals surface area contributed by atoms with Crippen LogP contribution in [0.5, 0.6) is 0 Å². The van der Waals surface area contributed by atoms with Crippen LogP contribution in [-0.2, 0) is 21.4 Å². The van der Waals surface area contributed by atoms with Crippen molar-refractivity contribution in [1.29, 1.82) is 0 Å². The van der Waals surface area contributed by atoms with E-state index < -0.39 is 27.3 Å². The minimum absolute atomic E-state index is 0.118. The summed E-state index contributed by atoms with van der Waals surface area (Å²) in [6.45, 7) is 4.87. The number of hydrogen-bond donors (Lipinski definition) is 3. The number of carbonyl (C=O) groups excluding carboxylic acids is 1. The number of nitrogens with two attached hydrogens (primary N) is 1.